The maximum atomic E-state index is 14.2. The van der Waals surface area contributed by atoms with E-state index in [2.05, 4.69) is 27.5 Å². The Labute approximate surface area is 264 Å². The van der Waals surface area contributed by atoms with Crippen molar-refractivity contribution in [3.8, 4) is 5.75 Å². The predicted molar refractivity (Wildman–Crippen MR) is 174 cm³/mol. The lowest BCUT2D eigenvalue weighted by molar-refractivity contribution is -0.203. The molecule has 232 valence electrons. The molecule has 2 fully saturated rings. The van der Waals surface area contributed by atoms with Crippen molar-refractivity contribution in [2.75, 3.05) is 45.3 Å². The molecule has 0 aliphatic carbocycles. The minimum atomic E-state index is -0.688. The Kier molecular flexibility index (Phi) is 10.2. The molecule has 5 rings (SSSR count). The second kappa shape index (κ2) is 14.3. The standard InChI is InChI=1S/C34H41ClN6O3/c1-4-5-17-39-23-33(43)41-31(18-25-11-14-28(42)15-12-25)34(44)38(21-27-13-16-29(35)30(19-27)37(2)3)22-32(41)40(39)24-36-20-26-9-7-6-8-10-26/h4-16,19,31-32,36,42H,17-18,20-24H2,1-3H3/b5-4+/t31-,32+/m0/s1. The Hall–Kier alpha value is -3.89. The number of piperazine rings is 1. The summed E-state index contributed by atoms with van der Waals surface area (Å²) in [6, 6.07) is 22.2. The first kappa shape index (κ1) is 31.5. The van der Waals surface area contributed by atoms with Gasteiger partial charge in [-0.15, -0.1) is 0 Å². The van der Waals surface area contributed by atoms with Crippen molar-refractivity contribution in [1.82, 2.24) is 25.1 Å². The average molecular weight is 617 g/mol. The fourth-order valence-corrected chi connectivity index (χ4v) is 6.21. The molecular weight excluding hydrogens is 576 g/mol. The fraction of sp³-hybridized carbons (Fsp3) is 0.353. The zero-order valence-corrected chi connectivity index (χ0v) is 26.3. The van der Waals surface area contributed by atoms with E-state index in [0.29, 0.717) is 44.3 Å². The van der Waals surface area contributed by atoms with E-state index in [1.165, 1.54) is 5.56 Å². The SMILES string of the molecule is C/C=C/CN1CC(=O)N2[C@@H](Cc3ccc(O)cc3)C(=O)N(Cc3ccc(Cl)c(N(C)C)c3)C[C@@H]2N1CNCc1ccccc1. The maximum Gasteiger partial charge on any atom is 0.246 e. The number of benzene rings is 3. The van der Waals surface area contributed by atoms with Crippen molar-refractivity contribution < 1.29 is 14.7 Å². The Morgan fingerprint density at radius 1 is 1.00 bits per heavy atom. The summed E-state index contributed by atoms with van der Waals surface area (Å²) in [5, 5.41) is 18.3. The van der Waals surface area contributed by atoms with Gasteiger partial charge in [0, 0.05) is 40.2 Å². The van der Waals surface area contributed by atoms with Gasteiger partial charge >= 0.3 is 0 Å². The van der Waals surface area contributed by atoms with E-state index in [-0.39, 0.29) is 30.3 Å². The second-order valence-corrected chi connectivity index (χ2v) is 11.9. The van der Waals surface area contributed by atoms with E-state index < -0.39 is 6.04 Å². The molecule has 2 saturated heterocycles. The number of hydrogen-bond acceptors (Lipinski definition) is 7. The smallest absolute Gasteiger partial charge is 0.246 e. The number of aromatic hydroxyl groups is 1. The van der Waals surface area contributed by atoms with E-state index in [1.807, 2.05) is 91.5 Å². The Morgan fingerprint density at radius 2 is 1.73 bits per heavy atom. The number of fused-ring (bicyclic) bond motifs is 1. The average Bonchev–Trinajstić information content (AvgIpc) is 3.01. The Balaban J connectivity index is 1.48. The summed E-state index contributed by atoms with van der Waals surface area (Å²) in [6.45, 7) is 4.65. The second-order valence-electron chi connectivity index (χ2n) is 11.5. The lowest BCUT2D eigenvalue weighted by Gasteiger charge is -2.55. The van der Waals surface area contributed by atoms with Gasteiger partial charge in [0.15, 0.2) is 0 Å². The highest BCUT2D eigenvalue weighted by Gasteiger charge is 2.49. The summed E-state index contributed by atoms with van der Waals surface area (Å²) in [5.41, 5.74) is 3.89. The minimum absolute atomic E-state index is 0.0722. The molecule has 0 aromatic heterocycles. The third-order valence-electron chi connectivity index (χ3n) is 8.18. The number of hydrazine groups is 1. The van der Waals surface area contributed by atoms with Gasteiger partial charge in [0.2, 0.25) is 11.8 Å². The molecule has 3 aromatic rings. The molecular formula is C34H41ClN6O3. The summed E-state index contributed by atoms with van der Waals surface area (Å²) >= 11 is 6.46. The van der Waals surface area contributed by atoms with Crippen LogP contribution < -0.4 is 10.2 Å². The minimum Gasteiger partial charge on any atom is -0.508 e. The number of nitrogens with one attached hydrogen (secondary N) is 1. The number of nitrogens with zero attached hydrogens (tertiary/aromatic N) is 5. The highest BCUT2D eigenvalue weighted by molar-refractivity contribution is 6.33. The number of phenolic OH excluding ortho intramolecular Hbond substituents is 1. The molecule has 2 aliphatic rings. The monoisotopic (exact) mass is 616 g/mol. The molecule has 2 aliphatic heterocycles. The molecule has 0 radical (unpaired) electrons. The van der Waals surface area contributed by atoms with Gasteiger partial charge in [0.25, 0.3) is 0 Å². The van der Waals surface area contributed by atoms with Crippen LogP contribution in [0.3, 0.4) is 0 Å². The van der Waals surface area contributed by atoms with Crippen molar-refractivity contribution in [2.45, 2.75) is 38.6 Å². The number of anilines is 1. The van der Waals surface area contributed by atoms with Crippen molar-refractivity contribution in [3.63, 3.8) is 0 Å². The van der Waals surface area contributed by atoms with Crippen molar-refractivity contribution in [2.24, 2.45) is 0 Å². The lowest BCUT2D eigenvalue weighted by atomic mass is 9.98. The quantitative estimate of drug-likeness (QED) is 0.314. The van der Waals surface area contributed by atoms with Crippen LogP contribution in [0.2, 0.25) is 5.02 Å². The van der Waals surface area contributed by atoms with Crippen LogP contribution in [-0.4, -0.2) is 89.3 Å². The van der Waals surface area contributed by atoms with Gasteiger partial charge < -0.3 is 19.8 Å². The van der Waals surface area contributed by atoms with E-state index in [1.54, 1.807) is 17.0 Å². The van der Waals surface area contributed by atoms with Crippen LogP contribution in [0, 0.1) is 0 Å². The normalized spacial score (nSPS) is 19.5. The maximum absolute atomic E-state index is 14.2. The largest absolute Gasteiger partial charge is 0.508 e. The molecule has 0 bridgehead atoms. The van der Waals surface area contributed by atoms with Crippen LogP contribution in [-0.2, 0) is 29.1 Å². The summed E-state index contributed by atoms with van der Waals surface area (Å²) in [4.78, 5) is 33.7. The third kappa shape index (κ3) is 7.25. The molecule has 3 aromatic carbocycles. The first-order valence-electron chi connectivity index (χ1n) is 15.0. The van der Waals surface area contributed by atoms with Gasteiger partial charge in [-0.05, 0) is 47.9 Å². The first-order chi connectivity index (χ1) is 21.2. The van der Waals surface area contributed by atoms with E-state index in [4.69, 9.17) is 11.6 Å². The predicted octanol–water partition coefficient (Wildman–Crippen LogP) is 4.08. The van der Waals surface area contributed by atoms with Crippen LogP contribution >= 0.6 is 11.6 Å². The number of carbonyl (C=O) groups is 2. The molecule has 2 amide bonds. The Morgan fingerprint density at radius 3 is 2.43 bits per heavy atom. The topological polar surface area (TPSA) is 82.6 Å². The van der Waals surface area contributed by atoms with Gasteiger partial charge in [-0.3, -0.25) is 14.9 Å². The summed E-state index contributed by atoms with van der Waals surface area (Å²) in [6.07, 6.45) is 4.01. The number of phenols is 1. The van der Waals surface area contributed by atoms with Crippen LogP contribution in [0.5, 0.6) is 5.75 Å². The number of halogens is 1. The van der Waals surface area contributed by atoms with Crippen LogP contribution in [0.1, 0.15) is 23.6 Å². The molecule has 0 spiro atoms. The molecule has 0 saturated carbocycles. The van der Waals surface area contributed by atoms with Crippen molar-refractivity contribution in [1.29, 1.82) is 0 Å². The van der Waals surface area contributed by atoms with E-state index in [0.717, 1.165) is 16.8 Å². The van der Waals surface area contributed by atoms with Gasteiger partial charge in [-0.1, -0.05) is 72.3 Å². The number of allylic oxidation sites excluding steroid dienone is 1. The van der Waals surface area contributed by atoms with E-state index in [9.17, 15) is 14.7 Å². The van der Waals surface area contributed by atoms with Gasteiger partial charge in [0.05, 0.1) is 30.5 Å². The summed E-state index contributed by atoms with van der Waals surface area (Å²) < 4.78 is 0. The molecule has 0 unspecified atom stereocenters. The first-order valence-corrected chi connectivity index (χ1v) is 15.3. The van der Waals surface area contributed by atoms with E-state index >= 15 is 0 Å². The zero-order valence-electron chi connectivity index (χ0n) is 25.6. The van der Waals surface area contributed by atoms with Gasteiger partial charge in [-0.25, -0.2) is 10.0 Å². The third-order valence-corrected chi connectivity index (χ3v) is 8.50. The molecule has 10 heteroatoms. The lowest BCUT2D eigenvalue weighted by Crippen LogP contribution is -2.75. The number of hydrogen-bond donors (Lipinski definition) is 2. The van der Waals surface area contributed by atoms with Crippen molar-refractivity contribution in [3.05, 3.63) is 107 Å². The van der Waals surface area contributed by atoms with Crippen LogP contribution in [0.15, 0.2) is 84.9 Å². The van der Waals surface area contributed by atoms with Crippen LogP contribution in [0.25, 0.3) is 0 Å². The van der Waals surface area contributed by atoms with Gasteiger partial charge in [0.1, 0.15) is 18.0 Å². The fourth-order valence-electron chi connectivity index (χ4n) is 5.92. The molecule has 44 heavy (non-hydrogen) atoms. The zero-order chi connectivity index (χ0) is 31.2. The van der Waals surface area contributed by atoms with Crippen molar-refractivity contribution >= 4 is 29.1 Å². The molecule has 2 N–H and O–H groups in total. The summed E-state index contributed by atoms with van der Waals surface area (Å²) in [5.74, 6) is -0.00732. The highest BCUT2D eigenvalue weighted by atomic mass is 35.5. The highest BCUT2D eigenvalue weighted by Crippen LogP contribution is 2.31. The molecule has 9 nitrogen and oxygen atoms in total. The van der Waals surface area contributed by atoms with Crippen LogP contribution in [0.4, 0.5) is 5.69 Å². The Bertz CT molecular complexity index is 1470. The molecule has 2 atom stereocenters. The number of rotatable bonds is 11. The molecule has 2 heterocycles. The van der Waals surface area contributed by atoms with Gasteiger partial charge in [-0.2, -0.15) is 0 Å². The number of amides is 2. The summed E-state index contributed by atoms with van der Waals surface area (Å²) in [7, 11) is 3.88. The number of carbonyl (C=O) groups excluding carboxylic acids is 2.